The van der Waals surface area contributed by atoms with Gasteiger partial charge in [-0.25, -0.2) is 0 Å². The van der Waals surface area contributed by atoms with Gasteiger partial charge in [-0.3, -0.25) is 4.90 Å². The highest BCUT2D eigenvalue weighted by Crippen LogP contribution is 2.37. The number of nitrogens with zero attached hydrogens (tertiary/aromatic N) is 1. The van der Waals surface area contributed by atoms with Gasteiger partial charge in [-0.05, 0) is 62.9 Å². The van der Waals surface area contributed by atoms with Gasteiger partial charge in [-0.2, -0.15) is 0 Å². The van der Waals surface area contributed by atoms with E-state index in [0.29, 0.717) is 0 Å². The Bertz CT molecular complexity index is 285. The molecule has 1 saturated heterocycles. The molecule has 3 unspecified atom stereocenters. The van der Waals surface area contributed by atoms with Gasteiger partial charge in [0.1, 0.15) is 0 Å². The van der Waals surface area contributed by atoms with E-state index in [1.807, 2.05) is 0 Å². The molecule has 3 aliphatic rings. The molecule has 0 bridgehead atoms. The van der Waals surface area contributed by atoms with E-state index in [1.165, 1.54) is 64.6 Å². The first-order chi connectivity index (χ1) is 9.25. The zero-order chi connectivity index (χ0) is 13.2. The SMILES string of the molecule is CC(C)C1CCCCC1N1CCCNC(C2CC2)C1. The number of hydrogen-bond donors (Lipinski definition) is 1. The fraction of sp³-hybridized carbons (Fsp3) is 1.00. The van der Waals surface area contributed by atoms with E-state index >= 15 is 0 Å². The molecule has 0 aromatic carbocycles. The van der Waals surface area contributed by atoms with E-state index in [-0.39, 0.29) is 0 Å². The first-order valence-corrected chi connectivity index (χ1v) is 8.73. The maximum absolute atomic E-state index is 3.81. The smallest absolute Gasteiger partial charge is 0.0223 e. The third-order valence-corrected chi connectivity index (χ3v) is 5.76. The standard InChI is InChI=1S/C17H32N2/c1-13(2)15-6-3-4-7-17(15)19-11-5-10-18-16(12-19)14-8-9-14/h13-18H,3-12H2,1-2H3. The summed E-state index contributed by atoms with van der Waals surface area (Å²) in [5, 5.41) is 3.81. The van der Waals surface area contributed by atoms with Gasteiger partial charge in [0.2, 0.25) is 0 Å². The molecule has 3 rings (SSSR count). The Morgan fingerprint density at radius 2 is 1.79 bits per heavy atom. The summed E-state index contributed by atoms with van der Waals surface area (Å²) in [6, 6.07) is 1.69. The highest BCUT2D eigenvalue weighted by Gasteiger charge is 2.37. The summed E-state index contributed by atoms with van der Waals surface area (Å²) < 4.78 is 0. The Hall–Kier alpha value is -0.0800. The second-order valence-electron chi connectivity index (χ2n) is 7.51. The molecule has 110 valence electrons. The van der Waals surface area contributed by atoms with Crippen molar-refractivity contribution in [1.82, 2.24) is 10.2 Å². The van der Waals surface area contributed by atoms with E-state index in [4.69, 9.17) is 0 Å². The second-order valence-corrected chi connectivity index (χ2v) is 7.51. The molecule has 0 radical (unpaired) electrons. The fourth-order valence-corrected chi connectivity index (χ4v) is 4.46. The van der Waals surface area contributed by atoms with E-state index in [0.717, 1.165) is 29.8 Å². The van der Waals surface area contributed by atoms with Crippen LogP contribution in [0.1, 0.15) is 58.8 Å². The lowest BCUT2D eigenvalue weighted by atomic mass is 9.77. The minimum absolute atomic E-state index is 0.803. The van der Waals surface area contributed by atoms with Crippen molar-refractivity contribution in [2.45, 2.75) is 70.9 Å². The molecular formula is C17H32N2. The van der Waals surface area contributed by atoms with Gasteiger partial charge in [0, 0.05) is 18.6 Å². The van der Waals surface area contributed by atoms with Gasteiger partial charge in [0.25, 0.3) is 0 Å². The normalized spacial score (nSPS) is 38.4. The highest BCUT2D eigenvalue weighted by molar-refractivity contribution is 4.93. The van der Waals surface area contributed by atoms with Crippen LogP contribution in [0.25, 0.3) is 0 Å². The Balaban J connectivity index is 1.66. The second kappa shape index (κ2) is 6.13. The van der Waals surface area contributed by atoms with Gasteiger partial charge in [-0.1, -0.05) is 26.7 Å². The lowest BCUT2D eigenvalue weighted by Crippen LogP contribution is -2.48. The molecule has 0 spiro atoms. The van der Waals surface area contributed by atoms with Gasteiger partial charge in [0.05, 0.1) is 0 Å². The predicted molar refractivity (Wildman–Crippen MR) is 81.3 cm³/mol. The number of hydrogen-bond acceptors (Lipinski definition) is 2. The average molecular weight is 264 g/mol. The molecule has 0 aromatic rings. The molecule has 2 aliphatic carbocycles. The average Bonchev–Trinajstić information content (AvgIpc) is 3.24. The van der Waals surface area contributed by atoms with E-state index in [1.54, 1.807) is 0 Å². The molecule has 19 heavy (non-hydrogen) atoms. The summed E-state index contributed by atoms with van der Waals surface area (Å²) in [5.74, 6) is 2.81. The largest absolute Gasteiger partial charge is 0.312 e. The van der Waals surface area contributed by atoms with Crippen molar-refractivity contribution in [2.75, 3.05) is 19.6 Å². The van der Waals surface area contributed by atoms with Crippen LogP contribution in [0.5, 0.6) is 0 Å². The molecule has 2 saturated carbocycles. The first-order valence-electron chi connectivity index (χ1n) is 8.73. The zero-order valence-corrected chi connectivity index (χ0v) is 12.9. The lowest BCUT2D eigenvalue weighted by Gasteiger charge is -2.42. The number of nitrogens with one attached hydrogen (secondary N) is 1. The summed E-state index contributed by atoms with van der Waals surface area (Å²) in [5.41, 5.74) is 0. The summed E-state index contributed by atoms with van der Waals surface area (Å²) >= 11 is 0. The monoisotopic (exact) mass is 264 g/mol. The molecule has 1 heterocycles. The van der Waals surface area contributed by atoms with E-state index in [2.05, 4.69) is 24.1 Å². The lowest BCUT2D eigenvalue weighted by molar-refractivity contribution is 0.0754. The summed E-state index contributed by atoms with van der Waals surface area (Å²) in [7, 11) is 0. The maximum atomic E-state index is 3.81. The summed E-state index contributed by atoms with van der Waals surface area (Å²) in [6.07, 6.45) is 10.2. The van der Waals surface area contributed by atoms with Crippen LogP contribution in [0, 0.1) is 17.8 Å². The third-order valence-electron chi connectivity index (χ3n) is 5.76. The molecule has 1 aliphatic heterocycles. The number of rotatable bonds is 3. The molecular weight excluding hydrogens is 232 g/mol. The molecule has 3 fully saturated rings. The third kappa shape index (κ3) is 3.33. The Morgan fingerprint density at radius 1 is 1.00 bits per heavy atom. The molecule has 2 heteroatoms. The Labute approximate surface area is 119 Å². The van der Waals surface area contributed by atoms with E-state index < -0.39 is 0 Å². The van der Waals surface area contributed by atoms with Crippen LogP contribution in [0.3, 0.4) is 0 Å². The van der Waals surface area contributed by atoms with Crippen molar-refractivity contribution in [3.8, 4) is 0 Å². The predicted octanol–water partition coefficient (Wildman–Crippen LogP) is 3.28. The van der Waals surface area contributed by atoms with E-state index in [9.17, 15) is 0 Å². The van der Waals surface area contributed by atoms with Crippen molar-refractivity contribution < 1.29 is 0 Å². The van der Waals surface area contributed by atoms with Crippen LogP contribution >= 0.6 is 0 Å². The van der Waals surface area contributed by atoms with Crippen molar-refractivity contribution in [3.05, 3.63) is 0 Å². The molecule has 2 nitrogen and oxygen atoms in total. The van der Waals surface area contributed by atoms with Gasteiger partial charge >= 0.3 is 0 Å². The fourth-order valence-electron chi connectivity index (χ4n) is 4.46. The van der Waals surface area contributed by atoms with Crippen molar-refractivity contribution >= 4 is 0 Å². The topological polar surface area (TPSA) is 15.3 Å². The Morgan fingerprint density at radius 3 is 2.53 bits per heavy atom. The maximum Gasteiger partial charge on any atom is 0.0223 e. The van der Waals surface area contributed by atoms with Crippen LogP contribution in [0.15, 0.2) is 0 Å². The van der Waals surface area contributed by atoms with Crippen LogP contribution in [0.4, 0.5) is 0 Å². The van der Waals surface area contributed by atoms with Crippen molar-refractivity contribution in [3.63, 3.8) is 0 Å². The minimum Gasteiger partial charge on any atom is -0.312 e. The Kier molecular flexibility index (Phi) is 4.48. The van der Waals surface area contributed by atoms with Crippen LogP contribution in [-0.4, -0.2) is 36.6 Å². The van der Waals surface area contributed by atoms with Gasteiger partial charge < -0.3 is 5.32 Å². The quantitative estimate of drug-likeness (QED) is 0.841. The van der Waals surface area contributed by atoms with Crippen molar-refractivity contribution in [1.29, 1.82) is 0 Å². The molecule has 0 amide bonds. The molecule has 0 aromatic heterocycles. The summed E-state index contributed by atoms with van der Waals surface area (Å²) in [6.45, 7) is 8.80. The van der Waals surface area contributed by atoms with Gasteiger partial charge in [-0.15, -0.1) is 0 Å². The van der Waals surface area contributed by atoms with Crippen molar-refractivity contribution in [2.24, 2.45) is 17.8 Å². The molecule has 1 N–H and O–H groups in total. The van der Waals surface area contributed by atoms with Crippen LogP contribution in [-0.2, 0) is 0 Å². The van der Waals surface area contributed by atoms with Gasteiger partial charge in [0.15, 0.2) is 0 Å². The highest BCUT2D eigenvalue weighted by atomic mass is 15.2. The van der Waals surface area contributed by atoms with Crippen LogP contribution < -0.4 is 5.32 Å². The molecule has 3 atom stereocenters. The minimum atomic E-state index is 0.803. The van der Waals surface area contributed by atoms with Crippen LogP contribution in [0.2, 0.25) is 0 Å². The zero-order valence-electron chi connectivity index (χ0n) is 12.9. The first kappa shape index (κ1) is 13.9. The summed E-state index contributed by atoms with van der Waals surface area (Å²) in [4.78, 5) is 2.88.